The number of rotatable bonds is 20. The minimum absolute atomic E-state index is 0.0278. The summed E-state index contributed by atoms with van der Waals surface area (Å²) in [6, 6.07) is -0.790. The molecule has 49 heavy (non-hydrogen) atoms. The Morgan fingerprint density at radius 2 is 1.90 bits per heavy atom. The number of carboxylic acids is 1. The van der Waals surface area contributed by atoms with Gasteiger partial charge in [0.2, 0.25) is 5.91 Å². The van der Waals surface area contributed by atoms with Gasteiger partial charge in [-0.25, -0.2) is 9.78 Å². The van der Waals surface area contributed by atoms with Gasteiger partial charge in [0, 0.05) is 51.7 Å². The summed E-state index contributed by atoms with van der Waals surface area (Å²) in [5, 5.41) is 20.4. The summed E-state index contributed by atoms with van der Waals surface area (Å²) in [6.07, 6.45) is 5.71. The van der Waals surface area contributed by atoms with Gasteiger partial charge in [0.25, 0.3) is 0 Å². The average molecular weight is 701 g/mol. The van der Waals surface area contributed by atoms with Crippen molar-refractivity contribution >= 4 is 42.9 Å². The van der Waals surface area contributed by atoms with Crippen molar-refractivity contribution in [1.82, 2.24) is 29.8 Å². The van der Waals surface area contributed by atoms with E-state index in [-0.39, 0.29) is 36.3 Å². The van der Waals surface area contributed by atoms with Crippen LogP contribution in [0, 0.1) is 17.8 Å². The van der Waals surface area contributed by atoms with Crippen LogP contribution in [0.4, 0.5) is 4.79 Å². The molecule has 1 N–H and O–H groups in total. The molecule has 13 nitrogen and oxygen atoms in total. The Kier molecular flexibility index (Phi) is 14.0. The lowest BCUT2D eigenvalue weighted by Gasteiger charge is -2.44. The first-order chi connectivity index (χ1) is 23.0. The Morgan fingerprint density at radius 3 is 2.47 bits per heavy atom. The van der Waals surface area contributed by atoms with Crippen molar-refractivity contribution in [3.05, 3.63) is 17.8 Å². The second-order valence-corrected chi connectivity index (χ2v) is 14.9. The van der Waals surface area contributed by atoms with Gasteiger partial charge >= 0.3 is 12.1 Å². The van der Waals surface area contributed by atoms with Crippen molar-refractivity contribution in [3.8, 4) is 10.7 Å². The second kappa shape index (κ2) is 17.1. The number of aromatic nitrogens is 4. The number of unbranched alkanes of at least 4 members (excludes halogenated alkanes) is 1. The van der Waals surface area contributed by atoms with Crippen LogP contribution >= 0.6 is 11.3 Å². The quantitative estimate of drug-likeness (QED) is 0.112. The molecule has 2 aromatic heterocycles. The minimum atomic E-state index is -1.19. The van der Waals surface area contributed by atoms with Crippen LogP contribution in [0.25, 0.3) is 10.7 Å². The van der Waals surface area contributed by atoms with Gasteiger partial charge in [0.15, 0.2) is 0 Å². The van der Waals surface area contributed by atoms with E-state index in [9.17, 15) is 24.3 Å². The molecule has 1 saturated heterocycles. The number of nitrogens with zero attached hydrogens (tertiary/aromatic N) is 6. The molecule has 8 atom stereocenters. The molecule has 0 unspecified atom stereocenters. The lowest BCUT2D eigenvalue weighted by Crippen LogP contribution is -2.60. The summed E-state index contributed by atoms with van der Waals surface area (Å²) >= 11 is 1.50. The van der Waals surface area contributed by atoms with Crippen LogP contribution in [0.5, 0.6) is 0 Å². The van der Waals surface area contributed by atoms with Crippen LogP contribution in [0.15, 0.2) is 17.8 Å². The van der Waals surface area contributed by atoms with Gasteiger partial charge in [-0.1, -0.05) is 26.0 Å². The molecule has 2 aromatic rings. The number of cyclic esters (lactones) is 1. The molecule has 0 aliphatic carbocycles. The number of amides is 2. The Hall–Kier alpha value is -3.33. The molecule has 0 saturated carbocycles. The van der Waals surface area contributed by atoms with Gasteiger partial charge in [0.05, 0.1) is 31.7 Å². The Balaban J connectivity index is 1.74. The molecule has 270 valence electrons. The van der Waals surface area contributed by atoms with Crippen molar-refractivity contribution in [2.45, 2.75) is 123 Å². The second-order valence-electron chi connectivity index (χ2n) is 14.0. The van der Waals surface area contributed by atoms with Gasteiger partial charge in [-0.15, -0.1) is 16.4 Å². The highest BCUT2D eigenvalue weighted by atomic mass is 32.1. The summed E-state index contributed by atoms with van der Waals surface area (Å²) in [6.45, 7) is 16.2. The third-order valence-corrected chi connectivity index (χ3v) is 11.2. The molecule has 1 aliphatic heterocycles. The number of Topliss-reactive ketones (excluding diaryl/α,β-unsaturated/α-hetero) is 1. The minimum Gasteiger partial charge on any atom is -0.481 e. The molecule has 0 aromatic carbocycles. The summed E-state index contributed by atoms with van der Waals surface area (Å²) in [5.41, 5.74) is -1.06. The van der Waals surface area contributed by atoms with Crippen molar-refractivity contribution in [2.75, 3.05) is 20.2 Å². The number of hydrogen-bond donors (Lipinski definition) is 1. The number of methoxy groups -OCH3 is 1. The van der Waals surface area contributed by atoms with E-state index in [1.54, 1.807) is 27.6 Å². The standard InChI is InChI=1S/C34H53BN6O7S/c1-10-22(3)34(8)29(40(32(46)48-34)15-12-11-14-39-20-26(37-38-39)30-36-13-16-49-30)24(5)41(25(6)42)19-21(2)18-33(7,47-9)28(35)17-27(43)23(4)31(44)45/h13,16,20-24,28-29H,10-12,14-15,17-19H2,1-9H3,(H,44,45)/t21-,22-,23-,24-,28-,29-,33-,34-/m1/s1. The van der Waals surface area contributed by atoms with E-state index in [0.717, 1.165) is 23.5 Å². The van der Waals surface area contributed by atoms with Crippen molar-refractivity contribution < 1.29 is 33.8 Å². The van der Waals surface area contributed by atoms with Gasteiger partial charge in [0.1, 0.15) is 28.0 Å². The average Bonchev–Trinajstić information content (AvgIpc) is 3.80. The fourth-order valence-corrected chi connectivity index (χ4v) is 7.47. The first kappa shape index (κ1) is 40.1. The lowest BCUT2D eigenvalue weighted by atomic mass is 9.67. The zero-order valence-electron chi connectivity index (χ0n) is 30.4. The van der Waals surface area contributed by atoms with E-state index in [2.05, 4.69) is 29.1 Å². The molecule has 0 spiro atoms. The highest BCUT2D eigenvalue weighted by Gasteiger charge is 2.56. The highest BCUT2D eigenvalue weighted by Crippen LogP contribution is 2.41. The molecule has 2 radical (unpaired) electrons. The van der Waals surface area contributed by atoms with E-state index in [1.807, 2.05) is 32.3 Å². The third kappa shape index (κ3) is 9.47. The maximum atomic E-state index is 13.5. The van der Waals surface area contributed by atoms with Gasteiger partial charge in [-0.2, -0.15) is 0 Å². The van der Waals surface area contributed by atoms with Gasteiger partial charge in [-0.05, 0) is 71.0 Å². The van der Waals surface area contributed by atoms with Crippen LogP contribution in [-0.2, 0) is 30.4 Å². The number of ketones is 1. The zero-order chi connectivity index (χ0) is 36.7. The lowest BCUT2D eigenvalue weighted by molar-refractivity contribution is -0.146. The van der Waals surface area contributed by atoms with Crippen molar-refractivity contribution in [3.63, 3.8) is 0 Å². The summed E-state index contributed by atoms with van der Waals surface area (Å²) in [4.78, 5) is 58.5. The van der Waals surface area contributed by atoms with E-state index in [0.29, 0.717) is 32.5 Å². The highest BCUT2D eigenvalue weighted by molar-refractivity contribution is 7.13. The number of carbonyl (C=O) groups is 4. The zero-order valence-corrected chi connectivity index (χ0v) is 31.2. The third-order valence-electron chi connectivity index (χ3n) is 10.4. The Morgan fingerprint density at radius 1 is 1.22 bits per heavy atom. The molecule has 15 heteroatoms. The maximum absolute atomic E-state index is 13.5. The number of carboxylic acid groups (broad SMARTS) is 1. The summed E-state index contributed by atoms with van der Waals surface area (Å²) in [5.74, 6) is -3.80. The predicted molar refractivity (Wildman–Crippen MR) is 187 cm³/mol. The molecule has 2 amide bonds. The monoisotopic (exact) mass is 700 g/mol. The molecule has 3 heterocycles. The van der Waals surface area contributed by atoms with Crippen LogP contribution in [0.3, 0.4) is 0 Å². The van der Waals surface area contributed by atoms with Gasteiger partial charge in [-0.3, -0.25) is 24.0 Å². The summed E-state index contributed by atoms with van der Waals surface area (Å²) < 4.78 is 13.7. The summed E-state index contributed by atoms with van der Waals surface area (Å²) in [7, 11) is 7.96. The first-order valence-corrected chi connectivity index (χ1v) is 18.0. The largest absolute Gasteiger partial charge is 0.481 e. The fraction of sp³-hybridized carbons (Fsp3) is 0.735. The van der Waals surface area contributed by atoms with Crippen LogP contribution in [-0.4, -0.2) is 110 Å². The number of thiazole rings is 1. The van der Waals surface area contributed by atoms with E-state index >= 15 is 0 Å². The number of aliphatic carboxylic acids is 1. The van der Waals surface area contributed by atoms with Crippen molar-refractivity contribution in [1.29, 1.82) is 0 Å². The predicted octanol–water partition coefficient (Wildman–Crippen LogP) is 5.11. The molecular weight excluding hydrogens is 647 g/mol. The van der Waals surface area contributed by atoms with E-state index < -0.39 is 40.7 Å². The molecule has 1 aliphatic rings. The SMILES string of the molecule is [B][C@H](CC(=O)[C@@H](C)C(=O)O)[C@@](C)(C[C@@H](C)CN(C(C)=O)[C@H](C)[C@H]1N(CCCCn2cc(-c3nccs3)nn2)C(=O)O[C@]1(C)[C@H](C)CC)OC. The van der Waals surface area contributed by atoms with Crippen LogP contribution in [0.1, 0.15) is 87.5 Å². The maximum Gasteiger partial charge on any atom is 0.410 e. The van der Waals surface area contributed by atoms with Crippen LogP contribution < -0.4 is 0 Å². The Bertz CT molecular complexity index is 1430. The molecular formula is C34H53BN6O7S. The molecule has 3 rings (SSSR count). The molecule has 0 bridgehead atoms. The first-order valence-electron chi connectivity index (χ1n) is 17.1. The van der Waals surface area contributed by atoms with Gasteiger partial charge < -0.3 is 19.5 Å². The van der Waals surface area contributed by atoms with Crippen molar-refractivity contribution in [2.24, 2.45) is 17.8 Å². The van der Waals surface area contributed by atoms with E-state index in [1.165, 1.54) is 32.3 Å². The van der Waals surface area contributed by atoms with E-state index in [4.69, 9.17) is 17.3 Å². The number of hydrogen-bond acceptors (Lipinski definition) is 10. The topological polar surface area (TPSA) is 157 Å². The smallest absolute Gasteiger partial charge is 0.410 e. The van der Waals surface area contributed by atoms with Crippen LogP contribution in [0.2, 0.25) is 5.82 Å². The number of carbonyl (C=O) groups excluding carboxylic acids is 3. The fourth-order valence-electron chi connectivity index (χ4n) is 6.89. The number of aryl methyl sites for hydroxylation is 1. The normalized spacial score (nSPS) is 22.1. The molecule has 1 fully saturated rings. The number of ether oxygens (including phenoxy) is 2. The Labute approximate surface area is 295 Å².